The van der Waals surface area contributed by atoms with Gasteiger partial charge in [-0.15, -0.1) is 0 Å². The van der Waals surface area contributed by atoms with E-state index >= 15 is 0 Å². The van der Waals surface area contributed by atoms with Gasteiger partial charge in [0.25, 0.3) is 0 Å². The summed E-state index contributed by atoms with van der Waals surface area (Å²) in [7, 11) is 0. The highest BCUT2D eigenvalue weighted by molar-refractivity contribution is 9.10. The molecule has 2 rings (SSSR count). The summed E-state index contributed by atoms with van der Waals surface area (Å²) in [6.45, 7) is 6.99. The molecule has 1 aliphatic heterocycles. The molecule has 1 aromatic rings. The van der Waals surface area contributed by atoms with E-state index in [-0.39, 0.29) is 0 Å². The maximum Gasteiger partial charge on any atom is 0.0210 e. The number of nitrogens with one attached hydrogen (secondary N) is 1. The van der Waals surface area contributed by atoms with Gasteiger partial charge in [-0.2, -0.15) is 0 Å². The molecule has 0 bridgehead atoms. The second kappa shape index (κ2) is 6.72. The lowest BCUT2D eigenvalue weighted by Gasteiger charge is -2.38. The standard InChI is InChI=1S/C16H24BrN/c1-3-12(4-2)13-9-10-18-11-15(13)14-7-5-6-8-16(14)17/h5-8,12-13,15,18H,3-4,9-11H2,1-2H3. The molecule has 100 valence electrons. The van der Waals surface area contributed by atoms with Gasteiger partial charge < -0.3 is 5.32 Å². The van der Waals surface area contributed by atoms with Crippen LogP contribution in [0.15, 0.2) is 28.7 Å². The molecule has 2 atom stereocenters. The van der Waals surface area contributed by atoms with Crippen molar-refractivity contribution in [1.82, 2.24) is 5.32 Å². The molecule has 0 amide bonds. The second-order valence-electron chi connectivity index (χ2n) is 5.36. The first kappa shape index (κ1) is 14.1. The fourth-order valence-corrected chi connectivity index (χ4v) is 4.03. The van der Waals surface area contributed by atoms with E-state index < -0.39 is 0 Å². The Bertz CT molecular complexity index is 373. The van der Waals surface area contributed by atoms with Crippen molar-refractivity contribution >= 4 is 15.9 Å². The minimum Gasteiger partial charge on any atom is -0.316 e. The number of benzene rings is 1. The molecule has 1 saturated heterocycles. The molecule has 1 N–H and O–H groups in total. The van der Waals surface area contributed by atoms with Crippen LogP contribution >= 0.6 is 15.9 Å². The van der Waals surface area contributed by atoms with Crippen LogP contribution in [0.1, 0.15) is 44.6 Å². The first-order valence-corrected chi connectivity index (χ1v) is 8.02. The lowest BCUT2D eigenvalue weighted by Crippen LogP contribution is -2.38. The van der Waals surface area contributed by atoms with E-state index in [1.54, 1.807) is 0 Å². The van der Waals surface area contributed by atoms with Gasteiger partial charge >= 0.3 is 0 Å². The quantitative estimate of drug-likeness (QED) is 0.858. The van der Waals surface area contributed by atoms with E-state index in [1.165, 1.54) is 35.8 Å². The van der Waals surface area contributed by atoms with Gasteiger partial charge in [-0.3, -0.25) is 0 Å². The Kier molecular flexibility index (Phi) is 5.25. The maximum absolute atomic E-state index is 3.72. The van der Waals surface area contributed by atoms with E-state index in [1.807, 2.05) is 0 Å². The van der Waals surface area contributed by atoms with Gasteiger partial charge in [0.15, 0.2) is 0 Å². The summed E-state index contributed by atoms with van der Waals surface area (Å²) in [5, 5.41) is 3.57. The van der Waals surface area contributed by atoms with E-state index in [0.29, 0.717) is 5.92 Å². The van der Waals surface area contributed by atoms with Gasteiger partial charge in [0.2, 0.25) is 0 Å². The Morgan fingerprint density at radius 3 is 2.67 bits per heavy atom. The Labute approximate surface area is 119 Å². The number of hydrogen-bond acceptors (Lipinski definition) is 1. The monoisotopic (exact) mass is 309 g/mol. The van der Waals surface area contributed by atoms with Crippen LogP contribution < -0.4 is 5.32 Å². The van der Waals surface area contributed by atoms with E-state index in [9.17, 15) is 0 Å². The lowest BCUT2D eigenvalue weighted by molar-refractivity contribution is 0.213. The normalized spacial score (nSPS) is 24.4. The van der Waals surface area contributed by atoms with Gasteiger partial charge in [-0.05, 0) is 36.4 Å². The summed E-state index contributed by atoms with van der Waals surface area (Å²) in [6.07, 6.45) is 3.93. The number of halogens is 1. The van der Waals surface area contributed by atoms with Crippen LogP contribution in [-0.2, 0) is 0 Å². The van der Waals surface area contributed by atoms with Crippen molar-refractivity contribution in [2.45, 2.75) is 39.0 Å². The Morgan fingerprint density at radius 1 is 1.28 bits per heavy atom. The second-order valence-corrected chi connectivity index (χ2v) is 6.22. The lowest BCUT2D eigenvalue weighted by atomic mass is 9.72. The molecule has 2 unspecified atom stereocenters. The summed E-state index contributed by atoms with van der Waals surface area (Å²) < 4.78 is 1.27. The van der Waals surface area contributed by atoms with Crippen LogP contribution in [0.3, 0.4) is 0 Å². The van der Waals surface area contributed by atoms with Crippen molar-refractivity contribution in [2.24, 2.45) is 11.8 Å². The molecule has 0 aromatic heterocycles. The zero-order valence-electron chi connectivity index (χ0n) is 11.5. The van der Waals surface area contributed by atoms with Crippen molar-refractivity contribution in [2.75, 3.05) is 13.1 Å². The highest BCUT2D eigenvalue weighted by Crippen LogP contribution is 2.39. The van der Waals surface area contributed by atoms with Gasteiger partial charge in [0.05, 0.1) is 0 Å². The molecule has 1 aromatic carbocycles. The maximum atomic E-state index is 3.72. The van der Waals surface area contributed by atoms with Crippen LogP contribution in [0.4, 0.5) is 0 Å². The smallest absolute Gasteiger partial charge is 0.0210 e. The third kappa shape index (κ3) is 2.97. The van der Waals surface area contributed by atoms with Gasteiger partial charge in [-0.25, -0.2) is 0 Å². The molecule has 18 heavy (non-hydrogen) atoms. The summed E-state index contributed by atoms with van der Waals surface area (Å²) in [4.78, 5) is 0. The molecular weight excluding hydrogens is 286 g/mol. The van der Waals surface area contributed by atoms with E-state index in [0.717, 1.165) is 18.4 Å². The summed E-state index contributed by atoms with van der Waals surface area (Å²) in [5.41, 5.74) is 1.49. The van der Waals surface area contributed by atoms with Crippen LogP contribution in [0.25, 0.3) is 0 Å². The number of rotatable bonds is 4. The molecule has 0 saturated carbocycles. The van der Waals surface area contributed by atoms with Gasteiger partial charge in [-0.1, -0.05) is 60.8 Å². The van der Waals surface area contributed by atoms with Crippen LogP contribution in [0.2, 0.25) is 0 Å². The van der Waals surface area contributed by atoms with Crippen molar-refractivity contribution in [1.29, 1.82) is 0 Å². The summed E-state index contributed by atoms with van der Waals surface area (Å²) >= 11 is 3.72. The molecule has 2 heteroatoms. The van der Waals surface area contributed by atoms with Crippen molar-refractivity contribution in [3.05, 3.63) is 34.3 Å². The highest BCUT2D eigenvalue weighted by Gasteiger charge is 2.31. The Morgan fingerprint density at radius 2 is 2.00 bits per heavy atom. The first-order valence-electron chi connectivity index (χ1n) is 7.23. The largest absolute Gasteiger partial charge is 0.316 e. The van der Waals surface area contributed by atoms with Crippen LogP contribution in [-0.4, -0.2) is 13.1 Å². The average molecular weight is 310 g/mol. The van der Waals surface area contributed by atoms with Crippen LogP contribution in [0.5, 0.6) is 0 Å². The summed E-state index contributed by atoms with van der Waals surface area (Å²) in [6, 6.07) is 8.74. The molecule has 0 spiro atoms. The minimum absolute atomic E-state index is 0.666. The van der Waals surface area contributed by atoms with Crippen LogP contribution in [0, 0.1) is 11.8 Å². The topological polar surface area (TPSA) is 12.0 Å². The fraction of sp³-hybridized carbons (Fsp3) is 0.625. The molecule has 0 radical (unpaired) electrons. The molecule has 1 fully saturated rings. The molecule has 0 aliphatic carbocycles. The predicted molar refractivity (Wildman–Crippen MR) is 81.9 cm³/mol. The zero-order chi connectivity index (χ0) is 13.0. The molecular formula is C16H24BrN. The van der Waals surface area contributed by atoms with E-state index in [4.69, 9.17) is 0 Å². The van der Waals surface area contributed by atoms with Crippen molar-refractivity contribution < 1.29 is 0 Å². The number of piperidine rings is 1. The Hall–Kier alpha value is -0.340. The molecule has 1 nitrogen and oxygen atoms in total. The third-order valence-electron chi connectivity index (χ3n) is 4.49. The number of hydrogen-bond donors (Lipinski definition) is 1. The fourth-order valence-electron chi connectivity index (χ4n) is 3.45. The molecule has 1 aliphatic rings. The predicted octanol–water partition coefficient (Wildman–Crippen LogP) is 4.58. The highest BCUT2D eigenvalue weighted by atomic mass is 79.9. The van der Waals surface area contributed by atoms with Crippen molar-refractivity contribution in [3.63, 3.8) is 0 Å². The van der Waals surface area contributed by atoms with Crippen molar-refractivity contribution in [3.8, 4) is 0 Å². The van der Waals surface area contributed by atoms with Gasteiger partial charge in [0.1, 0.15) is 0 Å². The minimum atomic E-state index is 0.666. The SMILES string of the molecule is CCC(CC)C1CCNCC1c1ccccc1Br. The summed E-state index contributed by atoms with van der Waals surface area (Å²) in [5.74, 6) is 2.36. The zero-order valence-corrected chi connectivity index (χ0v) is 13.0. The Balaban J connectivity index is 2.25. The first-order chi connectivity index (χ1) is 8.77. The third-order valence-corrected chi connectivity index (χ3v) is 5.22. The molecule has 1 heterocycles. The van der Waals surface area contributed by atoms with E-state index in [2.05, 4.69) is 59.4 Å². The average Bonchev–Trinajstić information content (AvgIpc) is 2.41. The van der Waals surface area contributed by atoms with Gasteiger partial charge in [0, 0.05) is 16.9 Å².